The van der Waals surface area contributed by atoms with E-state index in [1.165, 1.54) is 0 Å². The third-order valence-electron chi connectivity index (χ3n) is 4.93. The molecule has 1 aliphatic heterocycles. The Morgan fingerprint density at radius 1 is 1.17 bits per heavy atom. The van der Waals surface area contributed by atoms with E-state index in [1.807, 2.05) is 6.07 Å². The smallest absolute Gasteiger partial charge is 0.275 e. The molecule has 1 N–H and O–H groups in total. The van der Waals surface area contributed by atoms with Gasteiger partial charge in [0.05, 0.1) is 24.7 Å². The Bertz CT molecular complexity index is 1120. The average Bonchev–Trinajstić information content (AvgIpc) is 3.10. The van der Waals surface area contributed by atoms with Crippen molar-refractivity contribution in [1.29, 1.82) is 0 Å². The molecular formula is C21H20N4O4. The van der Waals surface area contributed by atoms with Crippen molar-refractivity contribution in [3.63, 3.8) is 0 Å². The molecule has 0 aliphatic carbocycles. The number of rotatable bonds is 5. The zero-order chi connectivity index (χ0) is 20.4. The van der Waals surface area contributed by atoms with Gasteiger partial charge in [0, 0.05) is 24.0 Å². The number of methoxy groups -OCH3 is 1. The zero-order valence-corrected chi connectivity index (χ0v) is 15.9. The van der Waals surface area contributed by atoms with Crippen LogP contribution >= 0.6 is 0 Å². The van der Waals surface area contributed by atoms with Gasteiger partial charge >= 0.3 is 0 Å². The Morgan fingerprint density at radius 2 is 1.93 bits per heavy atom. The van der Waals surface area contributed by atoms with E-state index in [9.17, 15) is 14.4 Å². The summed E-state index contributed by atoms with van der Waals surface area (Å²) in [5, 5.41) is 8.14. The summed E-state index contributed by atoms with van der Waals surface area (Å²) in [4.78, 5) is 38.9. The Hall–Kier alpha value is -3.68. The molecule has 1 atom stereocenters. The van der Waals surface area contributed by atoms with Crippen LogP contribution in [0.15, 0.2) is 59.5 Å². The Morgan fingerprint density at radius 3 is 2.69 bits per heavy atom. The van der Waals surface area contributed by atoms with Crippen molar-refractivity contribution in [3.05, 3.63) is 65.1 Å². The number of aromatic nitrogens is 2. The highest BCUT2D eigenvalue weighted by molar-refractivity contribution is 5.97. The summed E-state index contributed by atoms with van der Waals surface area (Å²) >= 11 is 0. The van der Waals surface area contributed by atoms with Crippen molar-refractivity contribution < 1.29 is 14.3 Å². The Balaban J connectivity index is 1.42. The van der Waals surface area contributed by atoms with E-state index < -0.39 is 0 Å². The van der Waals surface area contributed by atoms with Gasteiger partial charge < -0.3 is 15.0 Å². The van der Waals surface area contributed by atoms with Crippen molar-refractivity contribution in [2.45, 2.75) is 19.0 Å². The van der Waals surface area contributed by atoms with E-state index in [2.05, 4.69) is 10.4 Å². The number of carbonyl (C=O) groups excluding carboxylic acids is 2. The summed E-state index contributed by atoms with van der Waals surface area (Å²) in [6.07, 6.45) is 1.77. The summed E-state index contributed by atoms with van der Waals surface area (Å²) in [6, 6.07) is 14.0. The maximum absolute atomic E-state index is 12.5. The molecule has 2 heterocycles. The first kappa shape index (κ1) is 18.7. The number of amides is 2. The molecule has 1 fully saturated rings. The van der Waals surface area contributed by atoms with E-state index in [4.69, 9.17) is 4.74 Å². The van der Waals surface area contributed by atoms with Crippen molar-refractivity contribution in [2.24, 2.45) is 0 Å². The predicted octanol–water partition coefficient (Wildman–Crippen LogP) is 1.33. The van der Waals surface area contributed by atoms with E-state index in [0.29, 0.717) is 17.7 Å². The van der Waals surface area contributed by atoms with Crippen LogP contribution in [0.4, 0.5) is 5.69 Å². The number of anilines is 1. The summed E-state index contributed by atoms with van der Waals surface area (Å²) in [7, 11) is 1.58. The van der Waals surface area contributed by atoms with Crippen molar-refractivity contribution in [2.75, 3.05) is 18.6 Å². The van der Waals surface area contributed by atoms with E-state index in [1.54, 1.807) is 60.7 Å². The number of ether oxygens (including phenoxy) is 1. The lowest BCUT2D eigenvalue weighted by molar-refractivity contribution is -0.122. The van der Waals surface area contributed by atoms with Gasteiger partial charge in [-0.2, -0.15) is 5.10 Å². The minimum atomic E-state index is -0.357. The lowest BCUT2D eigenvalue weighted by Crippen LogP contribution is -2.41. The molecule has 0 spiro atoms. The fraction of sp³-hybridized carbons (Fsp3) is 0.238. The Labute approximate surface area is 166 Å². The van der Waals surface area contributed by atoms with Gasteiger partial charge in [0.1, 0.15) is 12.3 Å². The van der Waals surface area contributed by atoms with Gasteiger partial charge in [0.15, 0.2) is 0 Å². The van der Waals surface area contributed by atoms with Crippen LogP contribution in [0.25, 0.3) is 10.8 Å². The molecule has 1 saturated heterocycles. The summed E-state index contributed by atoms with van der Waals surface area (Å²) < 4.78 is 6.27. The minimum absolute atomic E-state index is 0.0681. The molecular weight excluding hydrogens is 372 g/mol. The largest absolute Gasteiger partial charge is 0.497 e. The van der Waals surface area contributed by atoms with Crippen LogP contribution < -0.4 is 20.5 Å². The molecule has 8 nitrogen and oxygen atoms in total. The van der Waals surface area contributed by atoms with Crippen LogP contribution in [0.1, 0.15) is 6.42 Å². The molecule has 8 heteroatoms. The number of nitrogens with zero attached hydrogens (tertiary/aromatic N) is 3. The van der Waals surface area contributed by atoms with Crippen LogP contribution in [0, 0.1) is 0 Å². The second kappa shape index (κ2) is 7.75. The van der Waals surface area contributed by atoms with Gasteiger partial charge in [-0.05, 0) is 30.3 Å². The highest BCUT2D eigenvalue weighted by atomic mass is 16.5. The van der Waals surface area contributed by atoms with Gasteiger partial charge in [-0.1, -0.05) is 18.2 Å². The fourth-order valence-corrected chi connectivity index (χ4v) is 3.47. The topological polar surface area (TPSA) is 93.5 Å². The second-order valence-corrected chi connectivity index (χ2v) is 6.87. The quantitative estimate of drug-likeness (QED) is 0.707. The summed E-state index contributed by atoms with van der Waals surface area (Å²) in [6.45, 7) is 0.174. The van der Waals surface area contributed by atoms with Crippen molar-refractivity contribution in [3.8, 4) is 5.75 Å². The Kier molecular flexibility index (Phi) is 4.99. The highest BCUT2D eigenvalue weighted by Gasteiger charge is 2.31. The minimum Gasteiger partial charge on any atom is -0.497 e. The summed E-state index contributed by atoms with van der Waals surface area (Å²) in [5.74, 6) is 0.282. The van der Waals surface area contributed by atoms with Crippen LogP contribution in [-0.2, 0) is 16.1 Å². The molecule has 4 rings (SSSR count). The van der Waals surface area contributed by atoms with Crippen molar-refractivity contribution in [1.82, 2.24) is 15.1 Å². The highest BCUT2D eigenvalue weighted by Crippen LogP contribution is 2.24. The maximum Gasteiger partial charge on any atom is 0.275 e. The SMILES string of the molecule is COc1ccc(N2C[C@@H](NC(=O)Cn3ncc4ccccc4c3=O)CC2=O)cc1. The molecule has 1 aromatic heterocycles. The first-order valence-corrected chi connectivity index (χ1v) is 9.24. The van der Waals surface area contributed by atoms with Crippen LogP contribution in [0.3, 0.4) is 0 Å². The molecule has 0 radical (unpaired) electrons. The molecule has 0 bridgehead atoms. The number of fused-ring (bicyclic) bond motifs is 1. The van der Waals surface area contributed by atoms with E-state index >= 15 is 0 Å². The third kappa shape index (κ3) is 3.82. The van der Waals surface area contributed by atoms with Crippen molar-refractivity contribution >= 4 is 28.3 Å². The van der Waals surface area contributed by atoms with Crippen LogP contribution in [-0.4, -0.2) is 41.3 Å². The van der Waals surface area contributed by atoms with Gasteiger partial charge in [-0.25, -0.2) is 4.68 Å². The van der Waals surface area contributed by atoms with Gasteiger partial charge in [-0.3, -0.25) is 14.4 Å². The predicted molar refractivity (Wildman–Crippen MR) is 108 cm³/mol. The number of nitrogens with one attached hydrogen (secondary N) is 1. The first-order chi connectivity index (χ1) is 14.0. The molecule has 148 valence electrons. The normalized spacial score (nSPS) is 16.2. The van der Waals surface area contributed by atoms with Gasteiger partial charge in [0.25, 0.3) is 5.56 Å². The van der Waals surface area contributed by atoms with Crippen LogP contribution in [0.2, 0.25) is 0 Å². The number of carbonyl (C=O) groups is 2. The molecule has 0 saturated carbocycles. The van der Waals surface area contributed by atoms with E-state index in [-0.39, 0.29) is 36.4 Å². The van der Waals surface area contributed by atoms with Gasteiger partial charge in [0.2, 0.25) is 11.8 Å². The monoisotopic (exact) mass is 392 g/mol. The molecule has 0 unspecified atom stereocenters. The maximum atomic E-state index is 12.5. The summed E-state index contributed by atoms with van der Waals surface area (Å²) in [5.41, 5.74) is 0.431. The second-order valence-electron chi connectivity index (χ2n) is 6.87. The molecule has 2 amide bonds. The fourth-order valence-electron chi connectivity index (χ4n) is 3.47. The number of hydrogen-bond donors (Lipinski definition) is 1. The third-order valence-corrected chi connectivity index (χ3v) is 4.93. The van der Waals surface area contributed by atoms with Crippen LogP contribution in [0.5, 0.6) is 5.75 Å². The van der Waals surface area contributed by atoms with Gasteiger partial charge in [-0.15, -0.1) is 0 Å². The first-order valence-electron chi connectivity index (χ1n) is 9.24. The average molecular weight is 392 g/mol. The van der Waals surface area contributed by atoms with E-state index in [0.717, 1.165) is 15.8 Å². The standard InChI is InChI=1S/C21H20N4O4/c1-29-17-8-6-16(7-9-17)24-12-15(10-20(24)27)23-19(26)13-25-21(28)18-5-3-2-4-14(18)11-22-25/h2-9,11,15H,10,12-13H2,1H3,(H,23,26)/t15-/m0/s1. The molecule has 1 aliphatic rings. The lowest BCUT2D eigenvalue weighted by atomic mass is 10.2. The molecule has 3 aromatic rings. The zero-order valence-electron chi connectivity index (χ0n) is 15.9. The molecule has 29 heavy (non-hydrogen) atoms. The number of benzene rings is 2. The molecule has 2 aromatic carbocycles. The number of hydrogen-bond acceptors (Lipinski definition) is 5. The lowest BCUT2D eigenvalue weighted by Gasteiger charge is -2.17.